The molecule has 0 radical (unpaired) electrons. The van der Waals surface area contributed by atoms with Gasteiger partial charge < -0.3 is 9.80 Å². The number of rotatable bonds is 8. The third-order valence-electron chi connectivity index (χ3n) is 4.46. The maximum absolute atomic E-state index is 12.5. The molecule has 1 aliphatic rings. The van der Waals surface area contributed by atoms with Crippen LogP contribution in [0.5, 0.6) is 0 Å². The average Bonchev–Trinajstić information content (AvgIpc) is 2.94. The van der Waals surface area contributed by atoms with Gasteiger partial charge in [-0.3, -0.25) is 14.6 Å². The molecule has 0 spiro atoms. The van der Waals surface area contributed by atoms with Gasteiger partial charge in [-0.05, 0) is 30.5 Å². The van der Waals surface area contributed by atoms with Gasteiger partial charge in [0.1, 0.15) is 0 Å². The fourth-order valence-electron chi connectivity index (χ4n) is 2.97. The Morgan fingerprint density at radius 2 is 2.09 bits per heavy atom. The summed E-state index contributed by atoms with van der Waals surface area (Å²) in [6.07, 6.45) is 8.01. The van der Waals surface area contributed by atoms with Gasteiger partial charge in [0.25, 0.3) is 0 Å². The third-order valence-corrected chi connectivity index (χ3v) is 4.46. The largest absolute Gasteiger partial charge is 0.345 e. The first kappa shape index (κ1) is 17.4. The SMILES string of the molecule is CCCCCN1CC(C(=O)N(C)CCc2ccncc2)CC1=O. The molecule has 0 saturated carbocycles. The Kier molecular flexibility index (Phi) is 6.56. The van der Waals surface area contributed by atoms with Crippen molar-refractivity contribution in [2.24, 2.45) is 5.92 Å². The number of hydrogen-bond acceptors (Lipinski definition) is 3. The highest BCUT2D eigenvalue weighted by molar-refractivity contribution is 5.89. The molecule has 126 valence electrons. The maximum Gasteiger partial charge on any atom is 0.227 e. The van der Waals surface area contributed by atoms with Gasteiger partial charge in [-0.2, -0.15) is 0 Å². The van der Waals surface area contributed by atoms with E-state index in [4.69, 9.17) is 0 Å². The predicted molar refractivity (Wildman–Crippen MR) is 89.8 cm³/mol. The van der Waals surface area contributed by atoms with Gasteiger partial charge in [-0.15, -0.1) is 0 Å². The fourth-order valence-corrected chi connectivity index (χ4v) is 2.97. The van der Waals surface area contributed by atoms with E-state index in [2.05, 4.69) is 11.9 Å². The zero-order valence-corrected chi connectivity index (χ0v) is 14.2. The topological polar surface area (TPSA) is 53.5 Å². The Labute approximate surface area is 138 Å². The fraction of sp³-hybridized carbons (Fsp3) is 0.611. The van der Waals surface area contributed by atoms with Gasteiger partial charge in [0, 0.05) is 45.5 Å². The molecule has 5 heteroatoms. The number of amides is 2. The summed E-state index contributed by atoms with van der Waals surface area (Å²) in [5.74, 6) is 0.0407. The van der Waals surface area contributed by atoms with Crippen molar-refractivity contribution in [3.05, 3.63) is 30.1 Å². The molecule has 1 atom stereocenters. The van der Waals surface area contributed by atoms with Crippen molar-refractivity contribution in [1.29, 1.82) is 0 Å². The van der Waals surface area contributed by atoms with Crippen LogP contribution in [0.3, 0.4) is 0 Å². The lowest BCUT2D eigenvalue weighted by molar-refractivity contribution is -0.134. The molecule has 5 nitrogen and oxygen atoms in total. The zero-order valence-electron chi connectivity index (χ0n) is 14.2. The summed E-state index contributed by atoms with van der Waals surface area (Å²) in [7, 11) is 1.83. The molecule has 1 aromatic heterocycles. The average molecular weight is 317 g/mol. The predicted octanol–water partition coefficient (Wildman–Crippen LogP) is 2.12. The Morgan fingerprint density at radius 1 is 1.35 bits per heavy atom. The molecule has 1 fully saturated rings. The minimum atomic E-state index is -0.174. The van der Waals surface area contributed by atoms with E-state index in [9.17, 15) is 9.59 Å². The number of pyridine rings is 1. The van der Waals surface area contributed by atoms with Gasteiger partial charge >= 0.3 is 0 Å². The van der Waals surface area contributed by atoms with Crippen molar-refractivity contribution >= 4 is 11.8 Å². The van der Waals surface area contributed by atoms with Crippen molar-refractivity contribution in [2.75, 3.05) is 26.7 Å². The Bertz CT molecular complexity index is 518. The Morgan fingerprint density at radius 3 is 2.78 bits per heavy atom. The van der Waals surface area contributed by atoms with Gasteiger partial charge in [0.05, 0.1) is 5.92 Å². The highest BCUT2D eigenvalue weighted by atomic mass is 16.2. The van der Waals surface area contributed by atoms with Gasteiger partial charge in [-0.25, -0.2) is 0 Å². The van der Waals surface area contributed by atoms with Crippen LogP contribution in [-0.2, 0) is 16.0 Å². The van der Waals surface area contributed by atoms with Crippen molar-refractivity contribution in [3.8, 4) is 0 Å². The van der Waals surface area contributed by atoms with Crippen LogP contribution in [0.15, 0.2) is 24.5 Å². The minimum Gasteiger partial charge on any atom is -0.345 e. The number of likely N-dealkylation sites (N-methyl/N-ethyl adjacent to an activating group) is 1. The van der Waals surface area contributed by atoms with E-state index in [0.717, 1.165) is 32.2 Å². The summed E-state index contributed by atoms with van der Waals surface area (Å²) < 4.78 is 0. The number of carbonyl (C=O) groups excluding carboxylic acids is 2. The smallest absolute Gasteiger partial charge is 0.227 e. The summed E-state index contributed by atoms with van der Waals surface area (Å²) in [6, 6.07) is 3.93. The first-order valence-electron chi connectivity index (χ1n) is 8.53. The molecule has 0 aliphatic carbocycles. The van der Waals surface area contributed by atoms with Crippen molar-refractivity contribution < 1.29 is 9.59 Å². The molecule has 0 N–H and O–H groups in total. The molecule has 2 rings (SSSR count). The molecule has 1 unspecified atom stereocenters. The molecule has 0 bridgehead atoms. The van der Waals surface area contributed by atoms with E-state index >= 15 is 0 Å². The number of unbranched alkanes of at least 4 members (excludes halogenated alkanes) is 2. The summed E-state index contributed by atoms with van der Waals surface area (Å²) in [4.78, 5) is 32.2. The van der Waals surface area contributed by atoms with E-state index in [0.29, 0.717) is 19.5 Å². The second-order valence-corrected chi connectivity index (χ2v) is 6.31. The number of nitrogens with zero attached hydrogens (tertiary/aromatic N) is 3. The minimum absolute atomic E-state index is 0.0883. The number of aromatic nitrogens is 1. The van der Waals surface area contributed by atoms with E-state index in [1.165, 1.54) is 5.56 Å². The molecule has 1 saturated heterocycles. The van der Waals surface area contributed by atoms with Crippen LogP contribution >= 0.6 is 0 Å². The van der Waals surface area contributed by atoms with Crippen LogP contribution in [0.25, 0.3) is 0 Å². The zero-order chi connectivity index (χ0) is 16.7. The number of likely N-dealkylation sites (tertiary alicyclic amines) is 1. The highest BCUT2D eigenvalue weighted by Crippen LogP contribution is 2.20. The molecule has 1 aliphatic heterocycles. The van der Waals surface area contributed by atoms with Crippen LogP contribution in [0, 0.1) is 5.92 Å². The lowest BCUT2D eigenvalue weighted by Crippen LogP contribution is -2.36. The second-order valence-electron chi connectivity index (χ2n) is 6.31. The molecule has 2 heterocycles. The second kappa shape index (κ2) is 8.65. The van der Waals surface area contributed by atoms with E-state index in [-0.39, 0.29) is 17.7 Å². The molecule has 23 heavy (non-hydrogen) atoms. The normalized spacial score (nSPS) is 17.6. The van der Waals surface area contributed by atoms with Crippen molar-refractivity contribution in [2.45, 2.75) is 39.0 Å². The van der Waals surface area contributed by atoms with E-state index in [1.807, 2.05) is 24.1 Å². The monoisotopic (exact) mass is 317 g/mol. The molecular formula is C18H27N3O2. The standard InChI is InChI=1S/C18H27N3O2/c1-3-4-5-11-21-14-16(13-17(21)22)18(23)20(2)12-8-15-6-9-19-10-7-15/h6-7,9-10,16H,3-5,8,11-14H2,1-2H3. The van der Waals surface area contributed by atoms with Gasteiger partial charge in [-0.1, -0.05) is 19.8 Å². The molecule has 2 amide bonds. The van der Waals surface area contributed by atoms with Crippen molar-refractivity contribution in [1.82, 2.24) is 14.8 Å². The van der Waals surface area contributed by atoms with Gasteiger partial charge in [0.2, 0.25) is 11.8 Å². The van der Waals surface area contributed by atoms with Crippen LogP contribution < -0.4 is 0 Å². The van der Waals surface area contributed by atoms with Crippen LogP contribution in [0.1, 0.15) is 38.2 Å². The number of hydrogen-bond donors (Lipinski definition) is 0. The van der Waals surface area contributed by atoms with Crippen LogP contribution in [0.4, 0.5) is 0 Å². The molecular weight excluding hydrogens is 290 g/mol. The first-order chi connectivity index (χ1) is 11.1. The Hall–Kier alpha value is -1.91. The van der Waals surface area contributed by atoms with E-state index in [1.54, 1.807) is 17.3 Å². The molecule has 1 aromatic rings. The van der Waals surface area contributed by atoms with Crippen LogP contribution in [0.2, 0.25) is 0 Å². The lowest BCUT2D eigenvalue weighted by Gasteiger charge is -2.21. The van der Waals surface area contributed by atoms with Crippen molar-refractivity contribution in [3.63, 3.8) is 0 Å². The maximum atomic E-state index is 12.5. The van der Waals surface area contributed by atoms with E-state index < -0.39 is 0 Å². The summed E-state index contributed by atoms with van der Waals surface area (Å²) in [5.41, 5.74) is 1.17. The van der Waals surface area contributed by atoms with Gasteiger partial charge in [0.15, 0.2) is 0 Å². The number of carbonyl (C=O) groups is 2. The summed E-state index contributed by atoms with van der Waals surface area (Å²) >= 11 is 0. The first-order valence-corrected chi connectivity index (χ1v) is 8.53. The third kappa shape index (κ3) is 5.05. The Balaban J connectivity index is 1.79. The lowest BCUT2D eigenvalue weighted by atomic mass is 10.1. The summed E-state index contributed by atoms with van der Waals surface area (Å²) in [6.45, 7) is 4.19. The van der Waals surface area contributed by atoms with Crippen LogP contribution in [-0.4, -0.2) is 53.3 Å². The molecule has 0 aromatic carbocycles. The highest BCUT2D eigenvalue weighted by Gasteiger charge is 2.35. The summed E-state index contributed by atoms with van der Waals surface area (Å²) in [5, 5.41) is 0. The quantitative estimate of drug-likeness (QED) is 0.690.